The van der Waals surface area contributed by atoms with Gasteiger partial charge in [-0.05, 0) is 12.8 Å². The highest BCUT2D eigenvalue weighted by atomic mass is 16.6. The molecule has 0 aromatic heterocycles. The second-order valence-electron chi connectivity index (χ2n) is 4.25. The third-order valence-corrected chi connectivity index (χ3v) is 2.80. The van der Waals surface area contributed by atoms with Crippen molar-refractivity contribution in [1.29, 1.82) is 0 Å². The number of methoxy groups -OCH3 is 1. The van der Waals surface area contributed by atoms with Crippen LogP contribution >= 0.6 is 0 Å². The maximum absolute atomic E-state index is 5.87. The van der Waals surface area contributed by atoms with Gasteiger partial charge in [-0.2, -0.15) is 0 Å². The minimum absolute atomic E-state index is 0.0638. The topological polar surface area (TPSA) is 62.9 Å². The van der Waals surface area contributed by atoms with Crippen molar-refractivity contribution in [2.45, 2.75) is 38.0 Å². The summed E-state index contributed by atoms with van der Waals surface area (Å²) >= 11 is 0. The lowest BCUT2D eigenvalue weighted by atomic mass is 9.86. The van der Waals surface area contributed by atoms with Crippen LogP contribution in [0.2, 0.25) is 0 Å². The zero-order chi connectivity index (χ0) is 12.5. The molecule has 1 aliphatic carbocycles. The van der Waals surface area contributed by atoms with Crippen LogP contribution in [0.3, 0.4) is 0 Å². The second kappa shape index (κ2) is 8.83. The van der Waals surface area contributed by atoms with E-state index in [-0.39, 0.29) is 18.2 Å². The molecule has 3 atom stereocenters. The highest BCUT2D eigenvalue weighted by Gasteiger charge is 2.40. The Bertz CT molecular complexity index is 191. The zero-order valence-electron chi connectivity index (χ0n) is 10.9. The summed E-state index contributed by atoms with van der Waals surface area (Å²) in [7, 11) is 1.66. The fraction of sp³-hybridized carbons (Fsp3) is 1.00. The van der Waals surface area contributed by atoms with Gasteiger partial charge in [0.1, 0.15) is 0 Å². The van der Waals surface area contributed by atoms with Crippen LogP contribution < -0.4 is 5.73 Å². The van der Waals surface area contributed by atoms with E-state index in [0.29, 0.717) is 26.4 Å². The van der Waals surface area contributed by atoms with Crippen LogP contribution in [0, 0.1) is 0 Å². The van der Waals surface area contributed by atoms with E-state index in [9.17, 15) is 0 Å². The minimum Gasteiger partial charge on any atom is -0.382 e. The Balaban J connectivity index is 1.99. The highest BCUT2D eigenvalue weighted by molar-refractivity contribution is 4.95. The van der Waals surface area contributed by atoms with Crippen molar-refractivity contribution in [3.05, 3.63) is 0 Å². The van der Waals surface area contributed by atoms with Gasteiger partial charge in [-0.3, -0.25) is 0 Å². The molecule has 102 valence electrons. The molecule has 0 bridgehead atoms. The number of rotatable bonds is 10. The Morgan fingerprint density at radius 3 is 2.47 bits per heavy atom. The Hall–Kier alpha value is -0.200. The molecule has 0 saturated heterocycles. The first-order chi connectivity index (χ1) is 8.29. The molecule has 1 rings (SSSR count). The molecule has 0 spiro atoms. The zero-order valence-corrected chi connectivity index (χ0v) is 10.9. The Morgan fingerprint density at radius 1 is 1.06 bits per heavy atom. The average Bonchev–Trinajstić information content (AvgIpc) is 2.32. The summed E-state index contributed by atoms with van der Waals surface area (Å²) in [6, 6.07) is 0.126. The molecule has 5 nitrogen and oxygen atoms in total. The monoisotopic (exact) mass is 247 g/mol. The molecule has 1 fully saturated rings. The quantitative estimate of drug-likeness (QED) is 0.572. The largest absolute Gasteiger partial charge is 0.382 e. The van der Waals surface area contributed by atoms with Crippen molar-refractivity contribution in [3.63, 3.8) is 0 Å². The summed E-state index contributed by atoms with van der Waals surface area (Å²) in [5.74, 6) is 0. The molecule has 5 heteroatoms. The maximum atomic E-state index is 5.87. The number of hydrogen-bond donors (Lipinski definition) is 1. The normalized spacial score (nSPS) is 28.1. The van der Waals surface area contributed by atoms with Crippen molar-refractivity contribution in [2.75, 3.05) is 40.1 Å². The SMILES string of the molecule is CCCOC1C(N)CC1OCCOCCOC. The molecule has 0 amide bonds. The van der Waals surface area contributed by atoms with Gasteiger partial charge in [0.05, 0.1) is 38.6 Å². The van der Waals surface area contributed by atoms with E-state index in [1.807, 2.05) is 0 Å². The van der Waals surface area contributed by atoms with E-state index in [2.05, 4.69) is 6.92 Å². The first-order valence-electron chi connectivity index (χ1n) is 6.35. The van der Waals surface area contributed by atoms with Gasteiger partial charge in [0.25, 0.3) is 0 Å². The molecular formula is C12H25NO4. The number of ether oxygens (including phenoxy) is 4. The predicted octanol–water partition coefficient (Wildman–Crippen LogP) is 0.561. The Morgan fingerprint density at radius 2 is 1.82 bits per heavy atom. The van der Waals surface area contributed by atoms with Gasteiger partial charge in [-0.1, -0.05) is 6.92 Å². The van der Waals surface area contributed by atoms with E-state index in [4.69, 9.17) is 24.7 Å². The van der Waals surface area contributed by atoms with Crippen LogP contribution in [-0.4, -0.2) is 58.4 Å². The lowest BCUT2D eigenvalue weighted by molar-refractivity contribution is -0.146. The summed E-state index contributed by atoms with van der Waals surface area (Å²) in [4.78, 5) is 0. The van der Waals surface area contributed by atoms with Crippen molar-refractivity contribution in [1.82, 2.24) is 0 Å². The molecule has 0 aromatic carbocycles. The Kier molecular flexibility index (Phi) is 7.72. The standard InChI is InChI=1S/C12H25NO4/c1-3-4-17-12-10(13)9-11(12)16-8-7-15-6-5-14-2/h10-12H,3-9,13H2,1-2H3. The summed E-state index contributed by atoms with van der Waals surface area (Å²) in [6.07, 6.45) is 2.10. The van der Waals surface area contributed by atoms with Crippen LogP contribution in [0.25, 0.3) is 0 Å². The first-order valence-corrected chi connectivity index (χ1v) is 6.35. The van der Waals surface area contributed by atoms with Gasteiger partial charge in [0.15, 0.2) is 0 Å². The van der Waals surface area contributed by atoms with E-state index < -0.39 is 0 Å². The van der Waals surface area contributed by atoms with Gasteiger partial charge in [0, 0.05) is 19.8 Å². The van der Waals surface area contributed by atoms with Crippen LogP contribution in [0.1, 0.15) is 19.8 Å². The van der Waals surface area contributed by atoms with Gasteiger partial charge in [-0.25, -0.2) is 0 Å². The minimum atomic E-state index is 0.0638. The van der Waals surface area contributed by atoms with Crippen LogP contribution in [0.15, 0.2) is 0 Å². The highest BCUT2D eigenvalue weighted by Crippen LogP contribution is 2.25. The smallest absolute Gasteiger partial charge is 0.0988 e. The van der Waals surface area contributed by atoms with Crippen molar-refractivity contribution in [2.24, 2.45) is 5.73 Å². The number of hydrogen-bond acceptors (Lipinski definition) is 5. The molecule has 0 heterocycles. The number of nitrogens with two attached hydrogens (primary N) is 1. The van der Waals surface area contributed by atoms with E-state index in [1.165, 1.54) is 0 Å². The van der Waals surface area contributed by atoms with Crippen molar-refractivity contribution in [3.8, 4) is 0 Å². The molecular weight excluding hydrogens is 222 g/mol. The third kappa shape index (κ3) is 5.31. The van der Waals surface area contributed by atoms with Gasteiger partial charge < -0.3 is 24.7 Å². The van der Waals surface area contributed by atoms with Crippen molar-refractivity contribution >= 4 is 0 Å². The van der Waals surface area contributed by atoms with E-state index >= 15 is 0 Å². The molecule has 1 aliphatic rings. The molecule has 0 radical (unpaired) electrons. The van der Waals surface area contributed by atoms with Crippen LogP contribution in [-0.2, 0) is 18.9 Å². The lowest BCUT2D eigenvalue weighted by Gasteiger charge is -2.41. The Labute approximate surface area is 104 Å². The molecule has 3 unspecified atom stereocenters. The van der Waals surface area contributed by atoms with Gasteiger partial charge >= 0.3 is 0 Å². The van der Waals surface area contributed by atoms with Crippen molar-refractivity contribution < 1.29 is 18.9 Å². The maximum Gasteiger partial charge on any atom is 0.0988 e. The van der Waals surface area contributed by atoms with E-state index in [0.717, 1.165) is 19.4 Å². The summed E-state index contributed by atoms with van der Waals surface area (Å²) in [6.45, 7) is 5.26. The summed E-state index contributed by atoms with van der Waals surface area (Å²) in [5.41, 5.74) is 5.87. The van der Waals surface area contributed by atoms with Gasteiger partial charge in [-0.15, -0.1) is 0 Å². The molecule has 2 N–H and O–H groups in total. The molecule has 17 heavy (non-hydrogen) atoms. The lowest BCUT2D eigenvalue weighted by Crippen LogP contribution is -2.58. The average molecular weight is 247 g/mol. The van der Waals surface area contributed by atoms with E-state index in [1.54, 1.807) is 7.11 Å². The fourth-order valence-electron chi connectivity index (χ4n) is 1.77. The third-order valence-electron chi connectivity index (χ3n) is 2.80. The van der Waals surface area contributed by atoms with Crippen LogP contribution in [0.4, 0.5) is 0 Å². The second-order valence-corrected chi connectivity index (χ2v) is 4.25. The molecule has 0 aliphatic heterocycles. The van der Waals surface area contributed by atoms with Crippen LogP contribution in [0.5, 0.6) is 0 Å². The van der Waals surface area contributed by atoms with Gasteiger partial charge in [0.2, 0.25) is 0 Å². The molecule has 0 aromatic rings. The summed E-state index contributed by atoms with van der Waals surface area (Å²) in [5, 5.41) is 0. The first kappa shape index (κ1) is 14.9. The predicted molar refractivity (Wildman–Crippen MR) is 65.1 cm³/mol. The summed E-state index contributed by atoms with van der Waals surface area (Å²) < 4.78 is 21.5. The fourth-order valence-corrected chi connectivity index (χ4v) is 1.77. The molecule has 1 saturated carbocycles.